The molecule has 1 atom stereocenters. The summed E-state index contributed by atoms with van der Waals surface area (Å²) in [6, 6.07) is 3.78. The first-order valence-corrected chi connectivity index (χ1v) is 9.17. The van der Waals surface area contributed by atoms with Gasteiger partial charge in [0.25, 0.3) is 0 Å². The largest absolute Gasteiger partial charge is 0.383 e. The van der Waals surface area contributed by atoms with E-state index in [-0.39, 0.29) is 30.0 Å². The maximum Gasteiger partial charge on any atom is 0.191 e. The van der Waals surface area contributed by atoms with E-state index in [2.05, 4.69) is 20.5 Å². The number of methoxy groups -OCH3 is 1. The highest BCUT2D eigenvalue weighted by Crippen LogP contribution is 2.17. The number of likely N-dealkylation sites (tertiary alicyclic amines) is 1. The van der Waals surface area contributed by atoms with Crippen LogP contribution in [0, 0.1) is 17.6 Å². The van der Waals surface area contributed by atoms with Crippen molar-refractivity contribution in [2.75, 3.05) is 46.9 Å². The van der Waals surface area contributed by atoms with Gasteiger partial charge in [-0.15, -0.1) is 24.0 Å². The SMILES string of the molecule is CN=C(NCC1CCN(CCOC)CC1)NC(C)c1ccc(F)c(F)c1.I. The van der Waals surface area contributed by atoms with Gasteiger partial charge in [0.2, 0.25) is 0 Å². The molecule has 1 unspecified atom stereocenters. The summed E-state index contributed by atoms with van der Waals surface area (Å²) in [7, 11) is 3.44. The van der Waals surface area contributed by atoms with Crippen LogP contribution in [0.25, 0.3) is 0 Å². The summed E-state index contributed by atoms with van der Waals surface area (Å²) >= 11 is 0. The van der Waals surface area contributed by atoms with Gasteiger partial charge in [-0.25, -0.2) is 8.78 Å². The minimum absolute atomic E-state index is 0. The van der Waals surface area contributed by atoms with Gasteiger partial charge < -0.3 is 20.3 Å². The van der Waals surface area contributed by atoms with E-state index in [0.29, 0.717) is 17.4 Å². The maximum atomic E-state index is 13.4. The molecular weight excluding hydrogens is 465 g/mol. The van der Waals surface area contributed by atoms with Crippen LogP contribution >= 0.6 is 24.0 Å². The molecule has 154 valence electrons. The first-order valence-electron chi connectivity index (χ1n) is 9.17. The molecule has 0 aromatic heterocycles. The fourth-order valence-electron chi connectivity index (χ4n) is 3.14. The van der Waals surface area contributed by atoms with E-state index in [1.807, 2.05) is 6.92 Å². The van der Waals surface area contributed by atoms with E-state index in [1.54, 1.807) is 20.2 Å². The Kier molecular flexibility index (Phi) is 11.1. The third-order valence-electron chi connectivity index (χ3n) is 4.90. The predicted molar refractivity (Wildman–Crippen MR) is 116 cm³/mol. The summed E-state index contributed by atoms with van der Waals surface area (Å²) < 4.78 is 31.6. The Morgan fingerprint density at radius 2 is 2.00 bits per heavy atom. The van der Waals surface area contributed by atoms with Crippen LogP contribution in [0.5, 0.6) is 0 Å². The van der Waals surface area contributed by atoms with Gasteiger partial charge >= 0.3 is 0 Å². The number of nitrogens with one attached hydrogen (secondary N) is 2. The maximum absolute atomic E-state index is 13.4. The molecule has 0 saturated carbocycles. The number of nitrogens with zero attached hydrogens (tertiary/aromatic N) is 2. The number of aliphatic imine (C=N–C) groups is 1. The Hall–Kier alpha value is -1.00. The summed E-state index contributed by atoms with van der Waals surface area (Å²) in [5, 5.41) is 6.58. The number of ether oxygens (including phenoxy) is 1. The van der Waals surface area contributed by atoms with Crippen LogP contribution in [-0.4, -0.2) is 57.8 Å². The Bertz CT molecular complexity index is 595. The second kappa shape index (κ2) is 12.5. The van der Waals surface area contributed by atoms with Gasteiger partial charge in [0, 0.05) is 27.2 Å². The summed E-state index contributed by atoms with van der Waals surface area (Å²) in [6.45, 7) is 6.70. The molecule has 8 heteroatoms. The van der Waals surface area contributed by atoms with E-state index < -0.39 is 11.6 Å². The molecule has 0 radical (unpaired) electrons. The van der Waals surface area contributed by atoms with Crippen LogP contribution in [0.1, 0.15) is 31.4 Å². The van der Waals surface area contributed by atoms with Crippen molar-refractivity contribution in [2.45, 2.75) is 25.8 Å². The number of rotatable bonds is 7. The number of halogens is 3. The van der Waals surface area contributed by atoms with E-state index >= 15 is 0 Å². The van der Waals surface area contributed by atoms with Crippen molar-refractivity contribution in [1.29, 1.82) is 0 Å². The first-order chi connectivity index (χ1) is 12.5. The molecule has 0 amide bonds. The van der Waals surface area contributed by atoms with Gasteiger partial charge in [0.05, 0.1) is 12.6 Å². The first kappa shape index (κ1) is 24.0. The van der Waals surface area contributed by atoms with Crippen molar-refractivity contribution in [1.82, 2.24) is 15.5 Å². The quantitative estimate of drug-likeness (QED) is 0.346. The van der Waals surface area contributed by atoms with Crippen molar-refractivity contribution < 1.29 is 13.5 Å². The molecule has 0 bridgehead atoms. The standard InChI is InChI=1S/C19H30F2N4O.HI/c1-14(16-4-5-17(20)18(21)12-16)24-19(22-2)23-13-15-6-8-25(9-7-15)10-11-26-3;/h4-5,12,14-15H,6-11,13H2,1-3H3,(H2,22,23,24);1H. The fourth-order valence-corrected chi connectivity index (χ4v) is 3.14. The van der Waals surface area contributed by atoms with Crippen LogP contribution in [0.15, 0.2) is 23.2 Å². The molecular formula is C19H31F2IN4O. The highest BCUT2D eigenvalue weighted by atomic mass is 127. The molecule has 1 aromatic rings. The zero-order valence-corrected chi connectivity index (χ0v) is 18.6. The third kappa shape index (κ3) is 7.87. The second-order valence-corrected chi connectivity index (χ2v) is 6.77. The molecule has 1 aliphatic rings. The van der Waals surface area contributed by atoms with E-state index in [9.17, 15) is 8.78 Å². The predicted octanol–water partition coefficient (Wildman–Crippen LogP) is 3.17. The van der Waals surface area contributed by atoms with Gasteiger partial charge in [-0.2, -0.15) is 0 Å². The molecule has 1 aromatic carbocycles. The monoisotopic (exact) mass is 496 g/mol. The van der Waals surface area contributed by atoms with Crippen LogP contribution in [0.4, 0.5) is 8.78 Å². The van der Waals surface area contributed by atoms with Crippen molar-refractivity contribution in [3.63, 3.8) is 0 Å². The fraction of sp³-hybridized carbons (Fsp3) is 0.632. The smallest absolute Gasteiger partial charge is 0.191 e. The van der Waals surface area contributed by atoms with Gasteiger partial charge in [-0.05, 0) is 56.5 Å². The van der Waals surface area contributed by atoms with Crippen molar-refractivity contribution in [3.05, 3.63) is 35.4 Å². The topological polar surface area (TPSA) is 48.9 Å². The molecule has 1 fully saturated rings. The molecule has 1 saturated heterocycles. The second-order valence-electron chi connectivity index (χ2n) is 6.77. The van der Waals surface area contributed by atoms with Gasteiger partial charge in [-0.1, -0.05) is 6.07 Å². The van der Waals surface area contributed by atoms with Crippen LogP contribution in [0.2, 0.25) is 0 Å². The minimum atomic E-state index is -0.834. The number of piperidine rings is 1. The number of benzene rings is 1. The highest BCUT2D eigenvalue weighted by Gasteiger charge is 2.19. The molecule has 2 rings (SSSR count). The number of guanidine groups is 1. The van der Waals surface area contributed by atoms with E-state index in [4.69, 9.17) is 4.74 Å². The average Bonchev–Trinajstić information content (AvgIpc) is 2.66. The Balaban J connectivity index is 0.00000364. The van der Waals surface area contributed by atoms with Crippen molar-refractivity contribution in [2.24, 2.45) is 10.9 Å². The number of hydrogen-bond acceptors (Lipinski definition) is 3. The molecule has 5 nitrogen and oxygen atoms in total. The zero-order valence-electron chi connectivity index (χ0n) is 16.3. The molecule has 0 spiro atoms. The highest BCUT2D eigenvalue weighted by molar-refractivity contribution is 14.0. The minimum Gasteiger partial charge on any atom is -0.383 e. The lowest BCUT2D eigenvalue weighted by molar-refractivity contribution is 0.121. The zero-order chi connectivity index (χ0) is 18.9. The molecule has 0 aliphatic carbocycles. The summed E-state index contributed by atoms with van der Waals surface area (Å²) in [6.07, 6.45) is 2.29. The molecule has 27 heavy (non-hydrogen) atoms. The van der Waals surface area contributed by atoms with Crippen LogP contribution in [-0.2, 0) is 4.74 Å². The summed E-state index contributed by atoms with van der Waals surface area (Å²) in [5.74, 6) is -0.394. The molecule has 1 aliphatic heterocycles. The molecule has 1 heterocycles. The van der Waals surface area contributed by atoms with E-state index in [1.165, 1.54) is 6.07 Å². The summed E-state index contributed by atoms with van der Waals surface area (Å²) in [4.78, 5) is 6.66. The Morgan fingerprint density at radius 1 is 1.30 bits per heavy atom. The third-order valence-corrected chi connectivity index (χ3v) is 4.90. The van der Waals surface area contributed by atoms with Crippen molar-refractivity contribution >= 4 is 29.9 Å². The Morgan fingerprint density at radius 3 is 2.59 bits per heavy atom. The van der Waals surface area contributed by atoms with Gasteiger partial charge in [-0.3, -0.25) is 4.99 Å². The van der Waals surface area contributed by atoms with Gasteiger partial charge in [0.15, 0.2) is 17.6 Å². The van der Waals surface area contributed by atoms with Crippen LogP contribution in [0.3, 0.4) is 0 Å². The normalized spacial score (nSPS) is 17.3. The van der Waals surface area contributed by atoms with Gasteiger partial charge in [0.1, 0.15) is 0 Å². The lowest BCUT2D eigenvalue weighted by atomic mass is 9.97. The lowest BCUT2D eigenvalue weighted by Gasteiger charge is -2.32. The molecule has 2 N–H and O–H groups in total. The average molecular weight is 496 g/mol. The van der Waals surface area contributed by atoms with Crippen LogP contribution < -0.4 is 10.6 Å². The number of hydrogen-bond donors (Lipinski definition) is 2. The van der Waals surface area contributed by atoms with Crippen molar-refractivity contribution in [3.8, 4) is 0 Å². The lowest BCUT2D eigenvalue weighted by Crippen LogP contribution is -2.43. The van der Waals surface area contributed by atoms with E-state index in [0.717, 1.165) is 51.7 Å². The summed E-state index contributed by atoms with van der Waals surface area (Å²) in [5.41, 5.74) is 0.679. The Labute approximate surface area is 178 Å².